The number of rotatable bonds is 7. The summed E-state index contributed by atoms with van der Waals surface area (Å²) in [4.78, 5) is 41.1. The molecule has 0 aromatic rings. The van der Waals surface area contributed by atoms with Gasteiger partial charge in [0.1, 0.15) is 11.6 Å². The van der Waals surface area contributed by atoms with E-state index in [1.54, 1.807) is 20.8 Å². The molecule has 3 saturated carbocycles. The Balaban J connectivity index is 1.42. The molecule has 0 bridgehead atoms. The van der Waals surface area contributed by atoms with E-state index in [2.05, 4.69) is 30.4 Å². The summed E-state index contributed by atoms with van der Waals surface area (Å²) >= 11 is 0. The van der Waals surface area contributed by atoms with E-state index in [1.807, 2.05) is 0 Å². The predicted molar refractivity (Wildman–Crippen MR) is 135 cm³/mol. The molecule has 4 aliphatic rings. The van der Waals surface area contributed by atoms with Gasteiger partial charge in [-0.3, -0.25) is 9.59 Å². The maximum Gasteiger partial charge on any atom is 0.326 e. The molecular weight excluding hydrogens is 460 g/mol. The maximum atomic E-state index is 12.4. The lowest BCUT2D eigenvalue weighted by atomic mass is 9.46. The van der Waals surface area contributed by atoms with Gasteiger partial charge in [0.05, 0.1) is 5.71 Å². The molecule has 0 aromatic carbocycles. The van der Waals surface area contributed by atoms with E-state index < -0.39 is 23.5 Å². The largest absolute Gasteiger partial charge is 0.480 e. The molecule has 7 atom stereocenters. The average Bonchev–Trinajstić information content (AvgIpc) is 3.09. The summed E-state index contributed by atoms with van der Waals surface area (Å²) in [6.45, 7) is 9.23. The number of hydrogen-bond acceptors (Lipinski definition) is 6. The van der Waals surface area contributed by atoms with E-state index in [-0.39, 0.29) is 29.1 Å². The van der Waals surface area contributed by atoms with Crippen molar-refractivity contribution in [2.24, 2.45) is 39.7 Å². The van der Waals surface area contributed by atoms with E-state index in [0.29, 0.717) is 24.2 Å². The highest BCUT2D eigenvalue weighted by Gasteiger charge is 2.65. The first-order valence-electron chi connectivity index (χ1n) is 13.5. The smallest absolute Gasteiger partial charge is 0.326 e. The molecule has 8 heteroatoms. The Morgan fingerprint density at radius 2 is 1.81 bits per heavy atom. The van der Waals surface area contributed by atoms with Gasteiger partial charge in [0.15, 0.2) is 12.4 Å². The fourth-order valence-electron chi connectivity index (χ4n) is 8.14. The molecule has 0 aliphatic heterocycles. The van der Waals surface area contributed by atoms with Crippen molar-refractivity contribution in [3.63, 3.8) is 0 Å². The minimum atomic E-state index is -1.19. The molecule has 0 aromatic heterocycles. The van der Waals surface area contributed by atoms with Gasteiger partial charge in [0.25, 0.3) is 5.91 Å². The second kappa shape index (κ2) is 9.58. The first-order chi connectivity index (χ1) is 16.8. The fourth-order valence-corrected chi connectivity index (χ4v) is 8.14. The van der Waals surface area contributed by atoms with Crippen LogP contribution in [-0.4, -0.2) is 51.8 Å². The van der Waals surface area contributed by atoms with Gasteiger partial charge in [-0.05, 0) is 93.5 Å². The van der Waals surface area contributed by atoms with Crippen molar-refractivity contribution in [3.05, 3.63) is 11.6 Å². The number of Topliss-reactive ketones (excluding diaryl/α,β-unsaturated/α-hetero) is 1. The molecule has 0 heterocycles. The van der Waals surface area contributed by atoms with E-state index in [1.165, 1.54) is 5.57 Å². The van der Waals surface area contributed by atoms with Crippen molar-refractivity contribution in [2.75, 3.05) is 6.61 Å². The third kappa shape index (κ3) is 4.29. The molecule has 0 spiro atoms. The van der Waals surface area contributed by atoms with Crippen LogP contribution in [0.5, 0.6) is 0 Å². The van der Waals surface area contributed by atoms with Crippen molar-refractivity contribution >= 4 is 23.4 Å². The number of oxime groups is 1. The highest BCUT2D eigenvalue weighted by molar-refractivity contribution is 5.96. The number of carbonyl (C=O) groups is 3. The highest BCUT2D eigenvalue weighted by atomic mass is 16.6. The maximum absolute atomic E-state index is 12.4. The second-order valence-electron chi connectivity index (χ2n) is 12.4. The molecular formula is C28H42N2O6. The molecule has 36 heavy (non-hydrogen) atoms. The summed E-state index contributed by atoms with van der Waals surface area (Å²) in [5.41, 5.74) is 0.761. The molecule has 8 nitrogen and oxygen atoms in total. The van der Waals surface area contributed by atoms with Gasteiger partial charge >= 0.3 is 5.97 Å². The monoisotopic (exact) mass is 502 g/mol. The number of amides is 1. The van der Waals surface area contributed by atoms with Crippen LogP contribution in [0.15, 0.2) is 16.8 Å². The number of carboxylic acids is 1. The first kappa shape index (κ1) is 26.8. The zero-order chi connectivity index (χ0) is 26.5. The zero-order valence-electron chi connectivity index (χ0n) is 22.3. The van der Waals surface area contributed by atoms with E-state index in [4.69, 9.17) is 4.84 Å². The number of nitrogens with one attached hydrogen (secondary N) is 1. The van der Waals surface area contributed by atoms with Crippen molar-refractivity contribution in [2.45, 2.75) is 97.6 Å². The van der Waals surface area contributed by atoms with Gasteiger partial charge in [-0.2, -0.15) is 0 Å². The highest BCUT2D eigenvalue weighted by Crippen LogP contribution is 2.67. The van der Waals surface area contributed by atoms with Crippen molar-refractivity contribution < 1.29 is 29.4 Å². The van der Waals surface area contributed by atoms with Crippen LogP contribution >= 0.6 is 0 Å². The Morgan fingerprint density at radius 3 is 2.44 bits per heavy atom. The van der Waals surface area contributed by atoms with Crippen LogP contribution in [0, 0.1) is 34.5 Å². The summed E-state index contributed by atoms with van der Waals surface area (Å²) < 4.78 is 0. The Labute approximate surface area is 213 Å². The van der Waals surface area contributed by atoms with Gasteiger partial charge in [-0.25, -0.2) is 4.79 Å². The third-order valence-electron chi connectivity index (χ3n) is 10.3. The lowest BCUT2D eigenvalue weighted by Crippen LogP contribution is -2.57. The molecule has 0 radical (unpaired) electrons. The third-order valence-corrected chi connectivity index (χ3v) is 10.3. The van der Waals surface area contributed by atoms with Crippen molar-refractivity contribution in [3.8, 4) is 0 Å². The van der Waals surface area contributed by atoms with Gasteiger partial charge < -0.3 is 20.4 Å². The van der Waals surface area contributed by atoms with Crippen LogP contribution in [0.25, 0.3) is 0 Å². The first-order valence-corrected chi connectivity index (χ1v) is 13.5. The SMILES string of the molecule is CC(=O)[C@@]1(O)CC[C@H]2[C@@H]3CCC4=CC(=NOCC(=O)N[C@@H](C(=O)O)C(C)C)CC[C@]4(C)[C@H]3CC[C@@]21C. The van der Waals surface area contributed by atoms with Crippen LogP contribution < -0.4 is 5.32 Å². The predicted octanol–water partition coefficient (Wildman–Crippen LogP) is 3.87. The Bertz CT molecular complexity index is 989. The minimum absolute atomic E-state index is 0.0730. The van der Waals surface area contributed by atoms with Gasteiger partial charge in [0.2, 0.25) is 0 Å². The van der Waals surface area contributed by atoms with E-state index in [0.717, 1.165) is 50.7 Å². The summed E-state index contributed by atoms with van der Waals surface area (Å²) in [6.07, 6.45) is 9.29. The number of fused-ring (bicyclic) bond motifs is 5. The number of nitrogens with zero attached hydrogens (tertiary/aromatic N) is 1. The number of aliphatic carboxylic acids is 1. The molecule has 4 rings (SSSR count). The van der Waals surface area contributed by atoms with Crippen LogP contribution in [0.2, 0.25) is 0 Å². The van der Waals surface area contributed by atoms with Crippen LogP contribution in [0.1, 0.15) is 86.0 Å². The van der Waals surface area contributed by atoms with Crippen molar-refractivity contribution in [1.29, 1.82) is 0 Å². The van der Waals surface area contributed by atoms with Gasteiger partial charge in [-0.1, -0.05) is 38.4 Å². The Hall–Kier alpha value is -2.22. The Morgan fingerprint density at radius 1 is 1.11 bits per heavy atom. The topological polar surface area (TPSA) is 125 Å². The second-order valence-corrected chi connectivity index (χ2v) is 12.4. The van der Waals surface area contributed by atoms with Crippen LogP contribution in [0.3, 0.4) is 0 Å². The quantitative estimate of drug-likeness (QED) is 0.454. The number of ketones is 1. The van der Waals surface area contributed by atoms with Crippen molar-refractivity contribution in [1.82, 2.24) is 5.32 Å². The summed E-state index contributed by atoms with van der Waals surface area (Å²) in [6, 6.07) is -0.954. The summed E-state index contributed by atoms with van der Waals surface area (Å²) in [5.74, 6) is -0.455. The van der Waals surface area contributed by atoms with E-state index >= 15 is 0 Å². The lowest BCUT2D eigenvalue weighted by molar-refractivity contribution is -0.159. The lowest BCUT2D eigenvalue weighted by Gasteiger charge is -2.59. The fraction of sp³-hybridized carbons (Fsp3) is 0.786. The minimum Gasteiger partial charge on any atom is -0.480 e. The van der Waals surface area contributed by atoms with Gasteiger partial charge in [-0.15, -0.1) is 0 Å². The molecule has 1 amide bonds. The standard InChI is InChI=1S/C28H42N2O6/c1-16(2)24(25(33)34)29-23(32)15-36-30-19-8-11-26(4)18(14-19)6-7-20-21(26)9-12-27(5)22(20)10-13-28(27,35)17(3)31/h14,16,20-22,24,35H,6-13,15H2,1-5H3,(H,29,32)(H,33,34)/t20-,21+,22+,24-,26+,27+,28+/m1/s1. The molecule has 3 fully saturated rings. The number of aliphatic hydroxyl groups is 1. The number of hydrogen-bond donors (Lipinski definition) is 3. The molecule has 0 saturated heterocycles. The van der Waals surface area contributed by atoms with Crippen LogP contribution in [-0.2, 0) is 19.2 Å². The summed E-state index contributed by atoms with van der Waals surface area (Å²) in [7, 11) is 0. The number of carbonyl (C=O) groups excluding carboxylic acids is 2. The van der Waals surface area contributed by atoms with E-state index in [9.17, 15) is 24.6 Å². The Kier molecular flexibility index (Phi) is 7.14. The molecule has 3 N–H and O–H groups in total. The van der Waals surface area contributed by atoms with Crippen LogP contribution in [0.4, 0.5) is 0 Å². The van der Waals surface area contributed by atoms with Gasteiger partial charge in [0, 0.05) is 5.41 Å². The zero-order valence-corrected chi connectivity index (χ0v) is 22.3. The molecule has 200 valence electrons. The summed E-state index contributed by atoms with van der Waals surface area (Å²) in [5, 5.41) is 27.2. The number of carboxylic acid groups (broad SMARTS) is 1. The molecule has 4 aliphatic carbocycles. The average molecular weight is 503 g/mol. The normalized spacial score (nSPS) is 39.5. The molecule has 0 unspecified atom stereocenters. The number of allylic oxidation sites excluding steroid dienone is 2.